The highest BCUT2D eigenvalue weighted by Gasteiger charge is 2.45. The van der Waals surface area contributed by atoms with Crippen molar-refractivity contribution in [2.45, 2.75) is 28.9 Å². The first-order chi connectivity index (χ1) is 14.5. The maximum atomic E-state index is 13.0. The molecule has 0 aromatic heterocycles. The number of primary amides is 1. The molecule has 0 saturated carbocycles. The van der Waals surface area contributed by atoms with E-state index in [2.05, 4.69) is 5.32 Å². The standard InChI is InChI=1S/C22H26N2O5S/c23-21(26)22(11-15-28-16-12-22)30(27)19-9-7-18(8-10-19)29-14-4-13-24-20(25)17-5-2-1-3-6-17/h1-3,5-10H,4,11-16H2,(H2,23,26)(H,24,25). The molecule has 0 spiro atoms. The number of nitrogens with two attached hydrogens (primary N) is 1. The van der Waals surface area contributed by atoms with Gasteiger partial charge in [0.2, 0.25) is 5.91 Å². The summed E-state index contributed by atoms with van der Waals surface area (Å²) in [5.74, 6) is -0.0360. The largest absolute Gasteiger partial charge is 0.494 e. The summed E-state index contributed by atoms with van der Waals surface area (Å²) in [6.45, 7) is 1.67. The number of nitrogens with one attached hydrogen (secondary N) is 1. The zero-order chi connectivity index (χ0) is 21.4. The van der Waals surface area contributed by atoms with Crippen LogP contribution in [0.3, 0.4) is 0 Å². The quantitative estimate of drug-likeness (QED) is 0.592. The number of rotatable bonds is 9. The number of benzene rings is 2. The van der Waals surface area contributed by atoms with Gasteiger partial charge in [-0.3, -0.25) is 13.8 Å². The second-order valence-corrected chi connectivity index (χ2v) is 8.83. The van der Waals surface area contributed by atoms with Crippen LogP contribution in [0.4, 0.5) is 0 Å². The van der Waals surface area contributed by atoms with Gasteiger partial charge in [0.25, 0.3) is 5.91 Å². The number of carbonyl (C=O) groups is 2. The lowest BCUT2D eigenvalue weighted by atomic mass is 9.98. The second kappa shape index (κ2) is 10.4. The Bertz CT molecular complexity index is 880. The van der Waals surface area contributed by atoms with E-state index in [0.29, 0.717) is 61.8 Å². The van der Waals surface area contributed by atoms with Crippen molar-refractivity contribution in [3.8, 4) is 5.75 Å². The highest BCUT2D eigenvalue weighted by Crippen LogP contribution is 2.32. The fraction of sp³-hybridized carbons (Fsp3) is 0.364. The van der Waals surface area contributed by atoms with Gasteiger partial charge in [0.05, 0.1) is 17.4 Å². The zero-order valence-electron chi connectivity index (χ0n) is 16.7. The van der Waals surface area contributed by atoms with Crippen molar-refractivity contribution < 1.29 is 23.3 Å². The van der Waals surface area contributed by atoms with Gasteiger partial charge < -0.3 is 20.5 Å². The molecular weight excluding hydrogens is 404 g/mol. The normalized spacial score (nSPS) is 16.4. The minimum Gasteiger partial charge on any atom is -0.494 e. The Morgan fingerprint density at radius 1 is 1.07 bits per heavy atom. The molecule has 2 amide bonds. The third-order valence-corrected chi connectivity index (χ3v) is 7.07. The van der Waals surface area contributed by atoms with Crippen molar-refractivity contribution in [1.29, 1.82) is 0 Å². The minimum absolute atomic E-state index is 0.112. The molecule has 0 aliphatic carbocycles. The Morgan fingerprint density at radius 3 is 2.37 bits per heavy atom. The van der Waals surface area contributed by atoms with E-state index in [4.69, 9.17) is 15.2 Å². The van der Waals surface area contributed by atoms with E-state index in [9.17, 15) is 13.8 Å². The third kappa shape index (κ3) is 5.25. The van der Waals surface area contributed by atoms with Crippen molar-refractivity contribution >= 4 is 22.6 Å². The molecule has 0 bridgehead atoms. The molecule has 1 aliphatic heterocycles. The molecule has 1 atom stereocenters. The summed E-state index contributed by atoms with van der Waals surface area (Å²) in [5, 5.41) is 2.85. The monoisotopic (exact) mass is 430 g/mol. The van der Waals surface area contributed by atoms with Crippen LogP contribution in [0.25, 0.3) is 0 Å². The van der Waals surface area contributed by atoms with Crippen LogP contribution in [-0.2, 0) is 20.3 Å². The van der Waals surface area contributed by atoms with Gasteiger partial charge in [0.1, 0.15) is 10.5 Å². The molecule has 30 heavy (non-hydrogen) atoms. The van der Waals surface area contributed by atoms with Gasteiger partial charge in [-0.05, 0) is 55.7 Å². The lowest BCUT2D eigenvalue weighted by molar-refractivity contribution is -0.122. The van der Waals surface area contributed by atoms with Crippen LogP contribution in [0.5, 0.6) is 5.75 Å². The van der Waals surface area contributed by atoms with Crippen molar-refractivity contribution in [3.05, 3.63) is 60.2 Å². The van der Waals surface area contributed by atoms with E-state index in [-0.39, 0.29) is 5.91 Å². The zero-order valence-corrected chi connectivity index (χ0v) is 17.5. The lowest BCUT2D eigenvalue weighted by Crippen LogP contribution is -2.51. The van der Waals surface area contributed by atoms with Gasteiger partial charge in [0.15, 0.2) is 0 Å². The predicted octanol–water partition coefficient (Wildman–Crippen LogP) is 2.03. The molecular formula is C22H26N2O5S. The number of hydrogen-bond donors (Lipinski definition) is 2. The van der Waals surface area contributed by atoms with Crippen LogP contribution in [0, 0.1) is 0 Å². The Kier molecular flexibility index (Phi) is 7.59. The first-order valence-electron chi connectivity index (χ1n) is 9.88. The third-order valence-electron chi connectivity index (χ3n) is 5.05. The summed E-state index contributed by atoms with van der Waals surface area (Å²) in [6, 6.07) is 15.9. The second-order valence-electron chi connectivity index (χ2n) is 7.03. The maximum absolute atomic E-state index is 13.0. The molecule has 2 aromatic carbocycles. The highest BCUT2D eigenvalue weighted by atomic mass is 32.2. The van der Waals surface area contributed by atoms with Crippen LogP contribution >= 0.6 is 0 Å². The van der Waals surface area contributed by atoms with Gasteiger partial charge in [-0.1, -0.05) is 18.2 Å². The number of amides is 2. The summed E-state index contributed by atoms with van der Waals surface area (Å²) in [4.78, 5) is 24.5. The predicted molar refractivity (Wildman–Crippen MR) is 114 cm³/mol. The molecule has 2 aromatic rings. The van der Waals surface area contributed by atoms with Crippen LogP contribution in [0.2, 0.25) is 0 Å². The molecule has 3 N–H and O–H groups in total. The smallest absolute Gasteiger partial charge is 0.251 e. The average Bonchev–Trinajstić information content (AvgIpc) is 2.79. The molecule has 1 unspecified atom stereocenters. The van der Waals surface area contributed by atoms with Crippen LogP contribution in [0.15, 0.2) is 59.5 Å². The molecule has 160 valence electrons. The Balaban J connectivity index is 1.47. The van der Waals surface area contributed by atoms with Gasteiger partial charge in [-0.15, -0.1) is 0 Å². The summed E-state index contributed by atoms with van der Waals surface area (Å²) in [5.41, 5.74) is 6.21. The fourth-order valence-electron chi connectivity index (χ4n) is 3.27. The van der Waals surface area contributed by atoms with E-state index < -0.39 is 21.5 Å². The van der Waals surface area contributed by atoms with Gasteiger partial charge in [0, 0.05) is 30.2 Å². The van der Waals surface area contributed by atoms with E-state index >= 15 is 0 Å². The first-order valence-corrected chi connectivity index (χ1v) is 11.0. The molecule has 0 radical (unpaired) electrons. The molecule has 7 nitrogen and oxygen atoms in total. The van der Waals surface area contributed by atoms with E-state index in [1.165, 1.54) is 0 Å². The summed E-state index contributed by atoms with van der Waals surface area (Å²) in [7, 11) is -1.56. The summed E-state index contributed by atoms with van der Waals surface area (Å²) < 4.78 is 22.9. The minimum atomic E-state index is -1.56. The fourth-order valence-corrected chi connectivity index (χ4v) is 4.82. The molecule has 1 fully saturated rings. The highest BCUT2D eigenvalue weighted by molar-refractivity contribution is 7.87. The summed E-state index contributed by atoms with van der Waals surface area (Å²) >= 11 is 0. The first kappa shape index (κ1) is 22.0. The van der Waals surface area contributed by atoms with E-state index in [1.54, 1.807) is 36.4 Å². The number of hydrogen-bond acceptors (Lipinski definition) is 5. The van der Waals surface area contributed by atoms with Crippen LogP contribution in [-0.4, -0.2) is 47.1 Å². The molecule has 3 rings (SSSR count). The summed E-state index contributed by atoms with van der Waals surface area (Å²) in [6.07, 6.45) is 1.35. The Morgan fingerprint density at radius 2 is 1.73 bits per heavy atom. The molecule has 1 saturated heterocycles. The van der Waals surface area contributed by atoms with Gasteiger partial charge in [-0.2, -0.15) is 0 Å². The number of carbonyl (C=O) groups excluding carboxylic acids is 2. The van der Waals surface area contributed by atoms with E-state index in [0.717, 1.165) is 0 Å². The lowest BCUT2D eigenvalue weighted by Gasteiger charge is -2.33. The van der Waals surface area contributed by atoms with Crippen LogP contribution in [0.1, 0.15) is 29.6 Å². The van der Waals surface area contributed by atoms with Crippen molar-refractivity contribution in [2.24, 2.45) is 5.73 Å². The van der Waals surface area contributed by atoms with Gasteiger partial charge in [-0.25, -0.2) is 0 Å². The van der Waals surface area contributed by atoms with Crippen LogP contribution < -0.4 is 15.8 Å². The average molecular weight is 431 g/mol. The van der Waals surface area contributed by atoms with Gasteiger partial charge >= 0.3 is 0 Å². The number of ether oxygens (including phenoxy) is 2. The maximum Gasteiger partial charge on any atom is 0.251 e. The van der Waals surface area contributed by atoms with Crippen molar-refractivity contribution in [3.63, 3.8) is 0 Å². The Labute approximate surface area is 178 Å². The Hall–Kier alpha value is -2.71. The van der Waals surface area contributed by atoms with Crippen molar-refractivity contribution in [1.82, 2.24) is 5.32 Å². The topological polar surface area (TPSA) is 108 Å². The molecule has 1 heterocycles. The SMILES string of the molecule is NC(=O)C1(S(=O)c2ccc(OCCCNC(=O)c3ccccc3)cc2)CCOCC1. The molecule has 1 aliphatic rings. The van der Waals surface area contributed by atoms with Crippen molar-refractivity contribution in [2.75, 3.05) is 26.4 Å². The van der Waals surface area contributed by atoms with E-state index in [1.807, 2.05) is 18.2 Å². The molecule has 8 heteroatoms.